The molecule has 0 radical (unpaired) electrons. The molecular formula is C18H30N4O2. The molecule has 1 atom stereocenters. The van der Waals surface area contributed by atoms with Crippen LogP contribution in [0, 0.1) is 11.8 Å². The Kier molecular flexibility index (Phi) is 6.24. The summed E-state index contributed by atoms with van der Waals surface area (Å²) in [6.45, 7) is 2.68. The third-order valence-electron chi connectivity index (χ3n) is 5.43. The zero-order chi connectivity index (χ0) is 16.8. The molecule has 0 bridgehead atoms. The number of aliphatic hydroxyl groups is 1. The Morgan fingerprint density at radius 3 is 2.71 bits per heavy atom. The Morgan fingerprint density at radius 2 is 1.96 bits per heavy atom. The smallest absolute Gasteiger partial charge is 0.225 e. The molecule has 2 heterocycles. The predicted octanol–water partition coefficient (Wildman–Crippen LogP) is 2.02. The van der Waals surface area contributed by atoms with Gasteiger partial charge in [-0.1, -0.05) is 30.9 Å². The lowest BCUT2D eigenvalue weighted by Gasteiger charge is -2.34. The summed E-state index contributed by atoms with van der Waals surface area (Å²) in [5, 5.41) is 17.2. The third-order valence-corrected chi connectivity index (χ3v) is 5.43. The molecule has 1 aliphatic heterocycles. The fourth-order valence-electron chi connectivity index (χ4n) is 4.12. The number of carbonyl (C=O) groups excluding carboxylic acids is 1. The lowest BCUT2D eigenvalue weighted by molar-refractivity contribution is -0.138. The number of likely N-dealkylation sites (tertiary alicyclic amines) is 1. The summed E-state index contributed by atoms with van der Waals surface area (Å²) in [7, 11) is 0. The van der Waals surface area contributed by atoms with Crippen LogP contribution in [-0.2, 0) is 17.8 Å². The molecule has 0 spiro atoms. The van der Waals surface area contributed by atoms with Crippen molar-refractivity contribution in [1.82, 2.24) is 19.9 Å². The molecule has 0 aromatic carbocycles. The molecule has 1 saturated heterocycles. The number of nitrogens with zero attached hydrogens (tertiary/aromatic N) is 4. The molecule has 1 aliphatic carbocycles. The van der Waals surface area contributed by atoms with Gasteiger partial charge in [0.05, 0.1) is 5.69 Å². The molecule has 0 unspecified atom stereocenters. The summed E-state index contributed by atoms with van der Waals surface area (Å²) in [5.74, 6) is 1.10. The van der Waals surface area contributed by atoms with Gasteiger partial charge in [-0.2, -0.15) is 0 Å². The minimum absolute atomic E-state index is 0.103. The van der Waals surface area contributed by atoms with Gasteiger partial charge in [-0.15, -0.1) is 5.10 Å². The fraction of sp³-hybridized carbons (Fsp3) is 0.833. The first-order valence-corrected chi connectivity index (χ1v) is 9.55. The first-order valence-electron chi connectivity index (χ1n) is 9.55. The first kappa shape index (κ1) is 17.4. The fourth-order valence-corrected chi connectivity index (χ4v) is 4.12. The van der Waals surface area contributed by atoms with Gasteiger partial charge in [0.1, 0.15) is 0 Å². The summed E-state index contributed by atoms with van der Waals surface area (Å²) in [4.78, 5) is 15.0. The second-order valence-corrected chi connectivity index (χ2v) is 7.39. The van der Waals surface area contributed by atoms with Crippen LogP contribution in [0.4, 0.5) is 0 Å². The Bertz CT molecular complexity index is 523. The van der Waals surface area contributed by atoms with Gasteiger partial charge in [-0.05, 0) is 31.6 Å². The molecular weight excluding hydrogens is 304 g/mol. The van der Waals surface area contributed by atoms with Crippen molar-refractivity contribution in [3.63, 3.8) is 0 Å². The Morgan fingerprint density at radius 1 is 1.17 bits per heavy atom. The molecule has 2 fully saturated rings. The molecule has 1 aromatic heterocycles. The van der Waals surface area contributed by atoms with Crippen LogP contribution in [-0.4, -0.2) is 50.6 Å². The zero-order valence-corrected chi connectivity index (χ0v) is 14.6. The number of carbonyl (C=O) groups is 1. The number of piperidine rings is 1. The highest BCUT2D eigenvalue weighted by Crippen LogP contribution is 2.27. The quantitative estimate of drug-likeness (QED) is 0.836. The SMILES string of the molecule is O=C(C1CCCCCC1)N1CCC[C@@H](Cn2cc(CCO)nn2)C1. The predicted molar refractivity (Wildman–Crippen MR) is 91.3 cm³/mol. The van der Waals surface area contributed by atoms with E-state index in [0.29, 0.717) is 18.2 Å². The standard InChI is InChI=1S/C18H30N4O2/c23-11-9-17-14-22(20-19-17)13-15-6-5-10-21(12-15)18(24)16-7-3-1-2-4-8-16/h14-16,23H,1-13H2/t15-/m1/s1. The average Bonchev–Trinajstić information content (AvgIpc) is 2.86. The summed E-state index contributed by atoms with van der Waals surface area (Å²) in [6.07, 6.45) is 11.8. The van der Waals surface area contributed by atoms with Gasteiger partial charge in [-0.3, -0.25) is 9.48 Å². The number of rotatable bonds is 5. The number of hydrogen-bond acceptors (Lipinski definition) is 4. The van der Waals surface area contributed by atoms with Crippen LogP contribution < -0.4 is 0 Å². The topological polar surface area (TPSA) is 71.2 Å². The highest BCUT2D eigenvalue weighted by molar-refractivity contribution is 5.79. The zero-order valence-electron chi connectivity index (χ0n) is 14.6. The highest BCUT2D eigenvalue weighted by atomic mass is 16.3. The van der Waals surface area contributed by atoms with E-state index in [0.717, 1.165) is 51.0 Å². The number of aliphatic hydroxyl groups excluding tert-OH is 1. The van der Waals surface area contributed by atoms with E-state index in [9.17, 15) is 4.79 Å². The average molecular weight is 334 g/mol. The monoisotopic (exact) mass is 334 g/mol. The van der Waals surface area contributed by atoms with Crippen molar-refractivity contribution in [2.45, 2.75) is 64.3 Å². The maximum absolute atomic E-state index is 12.9. The van der Waals surface area contributed by atoms with Crippen LogP contribution in [0.25, 0.3) is 0 Å². The minimum Gasteiger partial charge on any atom is -0.396 e. The van der Waals surface area contributed by atoms with Crippen molar-refractivity contribution in [2.24, 2.45) is 11.8 Å². The van der Waals surface area contributed by atoms with Crippen LogP contribution in [0.1, 0.15) is 57.1 Å². The summed E-state index contributed by atoms with van der Waals surface area (Å²) >= 11 is 0. The van der Waals surface area contributed by atoms with Crippen molar-refractivity contribution < 1.29 is 9.90 Å². The van der Waals surface area contributed by atoms with Crippen molar-refractivity contribution in [3.05, 3.63) is 11.9 Å². The molecule has 2 aliphatic rings. The Hall–Kier alpha value is -1.43. The van der Waals surface area contributed by atoms with Crippen molar-refractivity contribution >= 4 is 5.91 Å². The van der Waals surface area contributed by atoms with Crippen LogP contribution in [0.5, 0.6) is 0 Å². The molecule has 1 amide bonds. The van der Waals surface area contributed by atoms with E-state index in [1.54, 1.807) is 0 Å². The Balaban J connectivity index is 1.54. The van der Waals surface area contributed by atoms with E-state index >= 15 is 0 Å². The van der Waals surface area contributed by atoms with E-state index in [1.165, 1.54) is 25.7 Å². The van der Waals surface area contributed by atoms with Gasteiger partial charge in [0.25, 0.3) is 0 Å². The van der Waals surface area contributed by atoms with Gasteiger partial charge in [0, 0.05) is 44.8 Å². The van der Waals surface area contributed by atoms with Crippen molar-refractivity contribution in [3.8, 4) is 0 Å². The molecule has 1 aromatic rings. The lowest BCUT2D eigenvalue weighted by atomic mass is 9.94. The maximum atomic E-state index is 12.9. The summed E-state index contributed by atoms with van der Waals surface area (Å²) < 4.78 is 1.87. The van der Waals surface area contributed by atoms with E-state index in [4.69, 9.17) is 5.11 Å². The third kappa shape index (κ3) is 4.56. The lowest BCUT2D eigenvalue weighted by Crippen LogP contribution is -2.44. The number of amides is 1. The molecule has 24 heavy (non-hydrogen) atoms. The van der Waals surface area contributed by atoms with Gasteiger partial charge in [0.2, 0.25) is 5.91 Å². The van der Waals surface area contributed by atoms with E-state index in [-0.39, 0.29) is 12.5 Å². The van der Waals surface area contributed by atoms with Gasteiger partial charge in [-0.25, -0.2) is 0 Å². The van der Waals surface area contributed by atoms with Crippen LogP contribution in [0.2, 0.25) is 0 Å². The first-order chi connectivity index (χ1) is 11.8. The van der Waals surface area contributed by atoms with Gasteiger partial charge in [0.15, 0.2) is 0 Å². The van der Waals surface area contributed by atoms with Gasteiger partial charge < -0.3 is 10.0 Å². The Labute approximate surface area is 144 Å². The summed E-state index contributed by atoms with van der Waals surface area (Å²) in [5.41, 5.74) is 0.833. The van der Waals surface area contributed by atoms with Crippen molar-refractivity contribution in [1.29, 1.82) is 0 Å². The molecule has 1 saturated carbocycles. The molecule has 6 nitrogen and oxygen atoms in total. The van der Waals surface area contributed by atoms with Crippen molar-refractivity contribution in [2.75, 3.05) is 19.7 Å². The normalized spacial score (nSPS) is 23.2. The number of aromatic nitrogens is 3. The highest BCUT2D eigenvalue weighted by Gasteiger charge is 2.29. The summed E-state index contributed by atoms with van der Waals surface area (Å²) in [6, 6.07) is 0. The minimum atomic E-state index is 0.103. The largest absolute Gasteiger partial charge is 0.396 e. The maximum Gasteiger partial charge on any atom is 0.225 e. The van der Waals surface area contributed by atoms with E-state index in [2.05, 4.69) is 15.2 Å². The number of hydrogen-bond donors (Lipinski definition) is 1. The molecule has 134 valence electrons. The van der Waals surface area contributed by atoms with Crippen LogP contribution in [0.3, 0.4) is 0 Å². The second kappa shape index (κ2) is 8.60. The van der Waals surface area contributed by atoms with Crippen LogP contribution in [0.15, 0.2) is 6.20 Å². The molecule has 6 heteroatoms. The van der Waals surface area contributed by atoms with Gasteiger partial charge >= 0.3 is 0 Å². The molecule has 3 rings (SSSR count). The van der Waals surface area contributed by atoms with Crippen LogP contribution >= 0.6 is 0 Å². The van der Waals surface area contributed by atoms with E-state index in [1.807, 2.05) is 10.9 Å². The second-order valence-electron chi connectivity index (χ2n) is 7.39. The van der Waals surface area contributed by atoms with E-state index < -0.39 is 0 Å². The molecule has 1 N–H and O–H groups in total.